The highest BCUT2D eigenvalue weighted by Gasteiger charge is 2.34. The lowest BCUT2D eigenvalue weighted by molar-refractivity contribution is 0.322. The summed E-state index contributed by atoms with van der Waals surface area (Å²) in [5.41, 5.74) is 0.115. The lowest BCUT2D eigenvalue weighted by Crippen LogP contribution is -2.26. The molecule has 0 radical (unpaired) electrons. The summed E-state index contributed by atoms with van der Waals surface area (Å²) in [4.78, 5) is 13.4. The molecule has 0 bridgehead atoms. The summed E-state index contributed by atoms with van der Waals surface area (Å²) in [6.45, 7) is 8.45. The zero-order valence-electron chi connectivity index (χ0n) is 13.1. The average molecular weight is 271 g/mol. The first-order valence-electron chi connectivity index (χ1n) is 7.60. The Hall–Kier alpha value is -1.51. The highest BCUT2D eigenvalue weighted by atomic mass is 15.0. The molecule has 0 aromatic carbocycles. The second kappa shape index (κ2) is 6.29. The largest absolute Gasteiger partial charge is 0.219 e. The number of rotatable bonds is 5. The van der Waals surface area contributed by atoms with Gasteiger partial charge in [-0.15, -0.1) is 0 Å². The Morgan fingerprint density at radius 3 is 2.40 bits per heavy atom. The first-order valence-corrected chi connectivity index (χ1v) is 7.60. The molecule has 108 valence electrons. The van der Waals surface area contributed by atoms with Crippen LogP contribution >= 0.6 is 0 Å². The standard InChI is InChI=1S/C17H25N3/c1-5-6-8-11-17(4)12-9-7-10-15(17)16-19-13(2)18-14(3)20-16/h7,9-10,12,15H,5-6,8,11H2,1-4H3/t15?,17-/m0/s1. The van der Waals surface area contributed by atoms with Crippen molar-refractivity contribution in [3.8, 4) is 0 Å². The molecule has 2 atom stereocenters. The molecule has 1 aromatic rings. The molecule has 1 heterocycles. The maximum atomic E-state index is 4.57. The molecule has 0 spiro atoms. The van der Waals surface area contributed by atoms with Gasteiger partial charge in [-0.2, -0.15) is 0 Å². The van der Waals surface area contributed by atoms with Gasteiger partial charge in [-0.3, -0.25) is 0 Å². The first kappa shape index (κ1) is 14.9. The van der Waals surface area contributed by atoms with E-state index in [0.717, 1.165) is 17.5 Å². The maximum Gasteiger partial charge on any atom is 0.140 e. The van der Waals surface area contributed by atoms with Crippen molar-refractivity contribution in [2.75, 3.05) is 0 Å². The lowest BCUT2D eigenvalue weighted by atomic mass is 9.70. The van der Waals surface area contributed by atoms with E-state index in [-0.39, 0.29) is 11.3 Å². The highest BCUT2D eigenvalue weighted by Crippen LogP contribution is 2.43. The van der Waals surface area contributed by atoms with Crippen molar-refractivity contribution >= 4 is 0 Å². The maximum absolute atomic E-state index is 4.57. The second-order valence-corrected chi connectivity index (χ2v) is 5.97. The average Bonchev–Trinajstić information content (AvgIpc) is 2.38. The Balaban J connectivity index is 2.27. The smallest absolute Gasteiger partial charge is 0.140 e. The normalized spacial score (nSPS) is 25.1. The number of allylic oxidation sites excluding steroid dienone is 4. The Bertz CT molecular complexity index is 499. The van der Waals surface area contributed by atoms with Gasteiger partial charge >= 0.3 is 0 Å². The minimum Gasteiger partial charge on any atom is -0.219 e. The third kappa shape index (κ3) is 3.33. The third-order valence-electron chi connectivity index (χ3n) is 4.08. The van der Waals surface area contributed by atoms with E-state index in [1.54, 1.807) is 0 Å². The topological polar surface area (TPSA) is 38.7 Å². The lowest BCUT2D eigenvalue weighted by Gasteiger charge is -2.34. The van der Waals surface area contributed by atoms with Crippen molar-refractivity contribution in [3.63, 3.8) is 0 Å². The van der Waals surface area contributed by atoms with Crippen LogP contribution in [-0.4, -0.2) is 15.0 Å². The molecule has 20 heavy (non-hydrogen) atoms. The molecule has 1 unspecified atom stereocenters. The van der Waals surface area contributed by atoms with Crippen molar-refractivity contribution in [2.24, 2.45) is 5.41 Å². The van der Waals surface area contributed by atoms with Gasteiger partial charge in [-0.25, -0.2) is 15.0 Å². The molecule has 1 aliphatic rings. The van der Waals surface area contributed by atoms with Gasteiger partial charge < -0.3 is 0 Å². The SMILES string of the molecule is CCCCC[C@@]1(C)C=CC=CC1c1nc(C)nc(C)n1. The van der Waals surface area contributed by atoms with Gasteiger partial charge in [0.1, 0.15) is 17.5 Å². The number of hydrogen-bond donors (Lipinski definition) is 0. The molecule has 0 aliphatic heterocycles. The van der Waals surface area contributed by atoms with E-state index >= 15 is 0 Å². The summed E-state index contributed by atoms with van der Waals surface area (Å²) in [7, 11) is 0. The molecule has 1 aromatic heterocycles. The van der Waals surface area contributed by atoms with Gasteiger partial charge in [-0.1, -0.05) is 57.4 Å². The Kier molecular flexibility index (Phi) is 4.69. The summed E-state index contributed by atoms with van der Waals surface area (Å²) in [6.07, 6.45) is 13.8. The van der Waals surface area contributed by atoms with Crippen LogP contribution in [0.3, 0.4) is 0 Å². The van der Waals surface area contributed by atoms with Gasteiger partial charge in [-0.05, 0) is 25.7 Å². The summed E-state index contributed by atoms with van der Waals surface area (Å²) >= 11 is 0. The molecule has 3 heteroatoms. The van der Waals surface area contributed by atoms with Crippen molar-refractivity contribution in [3.05, 3.63) is 41.8 Å². The Morgan fingerprint density at radius 2 is 1.75 bits per heavy atom. The van der Waals surface area contributed by atoms with E-state index in [0.29, 0.717) is 0 Å². The molecule has 0 saturated carbocycles. The van der Waals surface area contributed by atoms with Crippen LogP contribution in [0.2, 0.25) is 0 Å². The summed E-state index contributed by atoms with van der Waals surface area (Å²) < 4.78 is 0. The van der Waals surface area contributed by atoms with E-state index in [1.165, 1.54) is 25.7 Å². The minimum absolute atomic E-state index is 0.115. The molecular weight excluding hydrogens is 246 g/mol. The zero-order chi connectivity index (χ0) is 14.6. The van der Waals surface area contributed by atoms with E-state index in [1.807, 2.05) is 13.8 Å². The summed E-state index contributed by atoms with van der Waals surface area (Å²) in [5.74, 6) is 2.79. The van der Waals surface area contributed by atoms with Crippen LogP contribution in [0.25, 0.3) is 0 Å². The molecule has 3 nitrogen and oxygen atoms in total. The van der Waals surface area contributed by atoms with Crippen molar-refractivity contribution < 1.29 is 0 Å². The quantitative estimate of drug-likeness (QED) is 0.750. The van der Waals surface area contributed by atoms with Crippen LogP contribution in [0.4, 0.5) is 0 Å². The van der Waals surface area contributed by atoms with E-state index < -0.39 is 0 Å². The van der Waals surface area contributed by atoms with Crippen molar-refractivity contribution in [1.29, 1.82) is 0 Å². The summed E-state index contributed by atoms with van der Waals surface area (Å²) in [6, 6.07) is 0. The van der Waals surface area contributed by atoms with E-state index in [2.05, 4.69) is 53.1 Å². The zero-order valence-corrected chi connectivity index (χ0v) is 13.1. The van der Waals surface area contributed by atoms with Gasteiger partial charge in [0.05, 0.1) is 0 Å². The number of unbranched alkanes of at least 4 members (excludes halogenated alkanes) is 2. The fourth-order valence-electron chi connectivity index (χ4n) is 2.93. The highest BCUT2D eigenvalue weighted by molar-refractivity contribution is 5.27. The van der Waals surface area contributed by atoms with Crippen molar-refractivity contribution in [2.45, 2.75) is 59.3 Å². The third-order valence-corrected chi connectivity index (χ3v) is 4.08. The Morgan fingerprint density at radius 1 is 1.05 bits per heavy atom. The molecule has 0 fully saturated rings. The fourth-order valence-corrected chi connectivity index (χ4v) is 2.93. The minimum atomic E-state index is 0.115. The monoisotopic (exact) mass is 271 g/mol. The molecule has 2 rings (SSSR count). The predicted molar refractivity (Wildman–Crippen MR) is 82.6 cm³/mol. The van der Waals surface area contributed by atoms with Crippen LogP contribution in [0.15, 0.2) is 24.3 Å². The van der Waals surface area contributed by atoms with Crippen LogP contribution in [-0.2, 0) is 0 Å². The number of hydrogen-bond acceptors (Lipinski definition) is 3. The number of aryl methyl sites for hydroxylation is 2. The van der Waals surface area contributed by atoms with Crippen molar-refractivity contribution in [1.82, 2.24) is 15.0 Å². The van der Waals surface area contributed by atoms with Crippen LogP contribution in [0, 0.1) is 19.3 Å². The van der Waals surface area contributed by atoms with E-state index in [4.69, 9.17) is 0 Å². The number of nitrogens with zero attached hydrogens (tertiary/aromatic N) is 3. The Labute approximate surface area is 122 Å². The fraction of sp³-hybridized carbons (Fsp3) is 0.588. The predicted octanol–water partition coefficient (Wildman–Crippen LogP) is 4.28. The second-order valence-electron chi connectivity index (χ2n) is 5.97. The molecule has 0 saturated heterocycles. The van der Waals surface area contributed by atoms with Crippen LogP contribution in [0.5, 0.6) is 0 Å². The molecular formula is C17H25N3. The van der Waals surface area contributed by atoms with E-state index in [9.17, 15) is 0 Å². The van der Waals surface area contributed by atoms with Gasteiger partial charge in [0.2, 0.25) is 0 Å². The molecule has 0 amide bonds. The van der Waals surface area contributed by atoms with Crippen LogP contribution < -0.4 is 0 Å². The molecule has 1 aliphatic carbocycles. The number of aromatic nitrogens is 3. The van der Waals surface area contributed by atoms with Gasteiger partial charge in [0, 0.05) is 5.92 Å². The first-order chi connectivity index (χ1) is 9.55. The van der Waals surface area contributed by atoms with Crippen LogP contribution in [0.1, 0.15) is 62.9 Å². The molecule has 0 N–H and O–H groups in total. The van der Waals surface area contributed by atoms with Gasteiger partial charge in [0.25, 0.3) is 0 Å². The summed E-state index contributed by atoms with van der Waals surface area (Å²) in [5, 5.41) is 0. The van der Waals surface area contributed by atoms with Gasteiger partial charge in [0.15, 0.2) is 0 Å².